The molecule has 0 fully saturated rings. The van der Waals surface area contributed by atoms with E-state index in [0.717, 1.165) is 38.5 Å². The van der Waals surface area contributed by atoms with Gasteiger partial charge in [-0.1, -0.05) is 50.5 Å². The van der Waals surface area contributed by atoms with Crippen molar-refractivity contribution in [3.63, 3.8) is 0 Å². The van der Waals surface area contributed by atoms with Crippen LogP contribution in [0.5, 0.6) is 0 Å². The lowest BCUT2D eigenvalue weighted by molar-refractivity contribution is -0.137. The van der Waals surface area contributed by atoms with Gasteiger partial charge in [0.1, 0.15) is 0 Å². The predicted octanol–water partition coefficient (Wildman–Crippen LogP) is 2.80. The Bertz CT molecular complexity index is 351. The van der Waals surface area contributed by atoms with Crippen molar-refractivity contribution in [1.82, 2.24) is 0 Å². The molecule has 5 nitrogen and oxygen atoms in total. The zero-order valence-electron chi connectivity index (χ0n) is 14.1. The fraction of sp³-hybridized carbons (Fsp3) is 0.722. The zero-order valence-corrected chi connectivity index (χ0v) is 14.1. The number of hydrogen-bond acceptors (Lipinski definition) is 4. The van der Waals surface area contributed by atoms with E-state index >= 15 is 0 Å². The number of unbranched alkanes of at least 4 members (excludes halogenated alkanes) is 5. The highest BCUT2D eigenvalue weighted by Gasteiger charge is 2.10. The van der Waals surface area contributed by atoms with Crippen molar-refractivity contribution in [2.75, 3.05) is 0 Å². The molecule has 0 aliphatic rings. The summed E-state index contributed by atoms with van der Waals surface area (Å²) in [6.07, 6.45) is 11.6. The van der Waals surface area contributed by atoms with E-state index in [-0.39, 0.29) is 6.42 Å². The SMILES string of the molecule is CC[C@H](O)[C@@H](O)/C=C/[C@@H](O)C/C=C\CCCCCCCC(=O)O. The third-order valence-corrected chi connectivity index (χ3v) is 3.65. The zero-order chi connectivity index (χ0) is 17.5. The molecule has 0 radical (unpaired) electrons. The minimum atomic E-state index is -0.931. The Balaban J connectivity index is 3.58. The Labute approximate surface area is 139 Å². The first-order valence-corrected chi connectivity index (χ1v) is 8.56. The molecule has 4 N–H and O–H groups in total. The molecule has 0 saturated carbocycles. The lowest BCUT2D eigenvalue weighted by Crippen LogP contribution is -2.23. The summed E-state index contributed by atoms with van der Waals surface area (Å²) in [7, 11) is 0. The molecule has 0 unspecified atom stereocenters. The summed E-state index contributed by atoms with van der Waals surface area (Å²) in [5.41, 5.74) is 0. The molecule has 5 heteroatoms. The third kappa shape index (κ3) is 14.2. The summed E-state index contributed by atoms with van der Waals surface area (Å²) in [5.74, 6) is -0.725. The minimum Gasteiger partial charge on any atom is -0.481 e. The van der Waals surface area contributed by atoms with Crippen LogP contribution in [0, 0.1) is 0 Å². The van der Waals surface area contributed by atoms with Crippen molar-refractivity contribution in [2.45, 2.75) is 83.0 Å². The molecule has 0 amide bonds. The Morgan fingerprint density at radius 3 is 2.26 bits per heavy atom. The number of hydrogen-bond donors (Lipinski definition) is 4. The van der Waals surface area contributed by atoms with Gasteiger partial charge in [-0.3, -0.25) is 4.79 Å². The molecule has 23 heavy (non-hydrogen) atoms. The van der Waals surface area contributed by atoms with Gasteiger partial charge >= 0.3 is 5.97 Å². The Kier molecular flexibility index (Phi) is 13.7. The molecule has 0 rings (SSSR count). The molecule has 0 aromatic rings. The maximum absolute atomic E-state index is 10.3. The average molecular weight is 328 g/mol. The number of allylic oxidation sites excluding steroid dienone is 1. The smallest absolute Gasteiger partial charge is 0.303 e. The Hall–Kier alpha value is -1.17. The van der Waals surface area contributed by atoms with Gasteiger partial charge in [0.2, 0.25) is 0 Å². The summed E-state index contributed by atoms with van der Waals surface area (Å²) in [4.78, 5) is 10.3. The standard InChI is InChI=1S/C18H32O5/c1-2-16(20)17(21)14-13-15(19)11-9-7-5-3-4-6-8-10-12-18(22)23/h7,9,13-17,19-21H,2-6,8,10-12H2,1H3,(H,22,23)/b9-7-,14-13+/t15-,16-,17-/m0/s1. The first-order valence-electron chi connectivity index (χ1n) is 8.56. The third-order valence-electron chi connectivity index (χ3n) is 3.65. The molecule has 3 atom stereocenters. The fourth-order valence-corrected chi connectivity index (χ4v) is 2.11. The second kappa shape index (κ2) is 14.4. The largest absolute Gasteiger partial charge is 0.481 e. The van der Waals surface area contributed by atoms with Gasteiger partial charge in [0.15, 0.2) is 0 Å². The average Bonchev–Trinajstić information content (AvgIpc) is 2.53. The van der Waals surface area contributed by atoms with Crippen molar-refractivity contribution >= 4 is 5.97 Å². The van der Waals surface area contributed by atoms with E-state index < -0.39 is 24.3 Å². The molecule has 0 spiro atoms. The number of rotatable bonds is 14. The van der Waals surface area contributed by atoms with Gasteiger partial charge in [0.05, 0.1) is 18.3 Å². The van der Waals surface area contributed by atoms with Gasteiger partial charge in [-0.25, -0.2) is 0 Å². The molecular weight excluding hydrogens is 296 g/mol. The van der Waals surface area contributed by atoms with E-state index in [1.54, 1.807) is 6.92 Å². The Morgan fingerprint density at radius 2 is 1.61 bits per heavy atom. The highest BCUT2D eigenvalue weighted by atomic mass is 16.4. The van der Waals surface area contributed by atoms with Crippen molar-refractivity contribution in [1.29, 1.82) is 0 Å². The van der Waals surface area contributed by atoms with E-state index in [4.69, 9.17) is 5.11 Å². The summed E-state index contributed by atoms with van der Waals surface area (Å²) in [6, 6.07) is 0. The lowest BCUT2D eigenvalue weighted by Gasteiger charge is -2.12. The molecule has 0 heterocycles. The maximum atomic E-state index is 10.3. The summed E-state index contributed by atoms with van der Waals surface area (Å²) >= 11 is 0. The quantitative estimate of drug-likeness (QED) is 0.290. The molecule has 0 bridgehead atoms. The van der Waals surface area contributed by atoms with E-state index in [1.807, 2.05) is 12.2 Å². The predicted molar refractivity (Wildman–Crippen MR) is 91.2 cm³/mol. The molecule has 134 valence electrons. The molecule has 0 aliphatic heterocycles. The van der Waals surface area contributed by atoms with Crippen molar-refractivity contribution in [3.8, 4) is 0 Å². The molecule has 0 aromatic carbocycles. The van der Waals surface area contributed by atoms with Gasteiger partial charge in [-0.15, -0.1) is 0 Å². The van der Waals surface area contributed by atoms with Gasteiger partial charge < -0.3 is 20.4 Å². The molecule has 0 saturated heterocycles. The summed E-state index contributed by atoms with van der Waals surface area (Å²) in [6.45, 7) is 1.78. The van der Waals surface area contributed by atoms with Crippen molar-refractivity contribution < 1.29 is 25.2 Å². The van der Waals surface area contributed by atoms with E-state index in [9.17, 15) is 20.1 Å². The lowest BCUT2D eigenvalue weighted by atomic mass is 10.1. The topological polar surface area (TPSA) is 98.0 Å². The van der Waals surface area contributed by atoms with Crippen LogP contribution in [0.2, 0.25) is 0 Å². The van der Waals surface area contributed by atoms with E-state index in [0.29, 0.717) is 12.8 Å². The number of carboxylic acid groups (broad SMARTS) is 1. The monoisotopic (exact) mass is 328 g/mol. The van der Waals surface area contributed by atoms with Crippen LogP contribution in [0.1, 0.15) is 64.7 Å². The number of carbonyl (C=O) groups is 1. The highest BCUT2D eigenvalue weighted by molar-refractivity contribution is 5.66. The maximum Gasteiger partial charge on any atom is 0.303 e. The van der Waals surface area contributed by atoms with Crippen LogP contribution in [0.3, 0.4) is 0 Å². The first-order chi connectivity index (χ1) is 11.0. The second-order valence-corrected chi connectivity index (χ2v) is 5.83. The van der Waals surface area contributed by atoms with Gasteiger partial charge in [-0.2, -0.15) is 0 Å². The molecular formula is C18H32O5. The number of carboxylic acids is 1. The number of aliphatic hydroxyl groups excluding tert-OH is 3. The van der Waals surface area contributed by atoms with Crippen LogP contribution in [0.15, 0.2) is 24.3 Å². The highest BCUT2D eigenvalue weighted by Crippen LogP contribution is 2.08. The van der Waals surface area contributed by atoms with Gasteiger partial charge in [0, 0.05) is 6.42 Å². The Morgan fingerprint density at radius 1 is 0.957 bits per heavy atom. The molecule has 0 aromatic heterocycles. The van der Waals surface area contributed by atoms with Crippen LogP contribution in [0.25, 0.3) is 0 Å². The van der Waals surface area contributed by atoms with E-state index in [2.05, 4.69) is 0 Å². The normalized spacial score (nSPS) is 16.0. The summed E-state index contributed by atoms with van der Waals surface area (Å²) < 4.78 is 0. The number of aliphatic hydroxyl groups is 3. The second-order valence-electron chi connectivity index (χ2n) is 5.83. The first kappa shape index (κ1) is 21.8. The number of aliphatic carboxylic acids is 1. The minimum absolute atomic E-state index is 0.259. The van der Waals surface area contributed by atoms with Gasteiger partial charge in [0.25, 0.3) is 0 Å². The van der Waals surface area contributed by atoms with Crippen LogP contribution in [0.4, 0.5) is 0 Å². The van der Waals surface area contributed by atoms with Crippen LogP contribution in [-0.4, -0.2) is 44.7 Å². The summed E-state index contributed by atoms with van der Waals surface area (Å²) in [5, 5.41) is 37.1. The molecule has 0 aliphatic carbocycles. The van der Waals surface area contributed by atoms with Crippen LogP contribution in [-0.2, 0) is 4.79 Å². The fourth-order valence-electron chi connectivity index (χ4n) is 2.11. The van der Waals surface area contributed by atoms with Crippen LogP contribution < -0.4 is 0 Å². The van der Waals surface area contributed by atoms with Crippen molar-refractivity contribution in [2.24, 2.45) is 0 Å². The van der Waals surface area contributed by atoms with Crippen molar-refractivity contribution in [3.05, 3.63) is 24.3 Å². The van der Waals surface area contributed by atoms with E-state index in [1.165, 1.54) is 12.2 Å². The van der Waals surface area contributed by atoms with Crippen LogP contribution >= 0.6 is 0 Å². The van der Waals surface area contributed by atoms with Gasteiger partial charge in [-0.05, 0) is 32.1 Å².